The van der Waals surface area contributed by atoms with Crippen molar-refractivity contribution < 1.29 is 5.11 Å². The molecule has 20 heavy (non-hydrogen) atoms. The highest BCUT2D eigenvalue weighted by molar-refractivity contribution is 7.11. The number of aromatic nitrogens is 4. The van der Waals surface area contributed by atoms with Crippen molar-refractivity contribution in [1.29, 1.82) is 0 Å². The lowest BCUT2D eigenvalue weighted by Crippen LogP contribution is -2.29. The van der Waals surface area contributed by atoms with Gasteiger partial charge in [0.15, 0.2) is 0 Å². The van der Waals surface area contributed by atoms with Crippen molar-refractivity contribution in [3.05, 3.63) is 37.2 Å². The van der Waals surface area contributed by atoms with Crippen LogP contribution in [0.4, 0.5) is 0 Å². The summed E-state index contributed by atoms with van der Waals surface area (Å²) in [5, 5.41) is 23.5. The zero-order valence-corrected chi connectivity index (χ0v) is 12.9. The minimum absolute atomic E-state index is 0.267. The molecule has 2 heterocycles. The average Bonchev–Trinajstić information content (AvgIpc) is 2.85. The molecule has 0 aliphatic carbocycles. The molecule has 1 N–H and O–H groups in total. The number of rotatable bonds is 4. The lowest BCUT2D eigenvalue weighted by molar-refractivity contribution is 0.277. The highest BCUT2D eigenvalue weighted by Gasteiger charge is 2.14. The quantitative estimate of drug-likeness (QED) is 0.921. The third-order valence-electron chi connectivity index (χ3n) is 3.18. The van der Waals surface area contributed by atoms with Crippen molar-refractivity contribution >= 4 is 11.3 Å². The molecule has 0 atom stereocenters. The molecule has 0 spiro atoms. The molecule has 6 nitrogen and oxygen atoms in total. The Kier molecular flexibility index (Phi) is 4.29. The van der Waals surface area contributed by atoms with E-state index in [0.29, 0.717) is 11.5 Å². The van der Waals surface area contributed by atoms with Gasteiger partial charge in [-0.05, 0) is 19.4 Å². The summed E-state index contributed by atoms with van der Waals surface area (Å²) in [5.41, 5.74) is 1.61. The highest BCUT2D eigenvalue weighted by atomic mass is 32.1. The van der Waals surface area contributed by atoms with Crippen LogP contribution in [-0.2, 0) is 13.2 Å². The van der Waals surface area contributed by atoms with Crippen LogP contribution in [0.15, 0.2) is 4.79 Å². The summed E-state index contributed by atoms with van der Waals surface area (Å²) in [6, 6.07) is 0. The molecule has 0 saturated carbocycles. The van der Waals surface area contributed by atoms with E-state index >= 15 is 0 Å². The fraction of sp³-hybridized carbons (Fsp3) is 0.538. The molecule has 2 aromatic heterocycles. The second-order valence-corrected chi connectivity index (χ2v) is 6.09. The van der Waals surface area contributed by atoms with E-state index in [1.54, 1.807) is 6.92 Å². The van der Waals surface area contributed by atoms with Gasteiger partial charge in [0, 0.05) is 11.5 Å². The van der Waals surface area contributed by atoms with Crippen LogP contribution in [0.1, 0.15) is 46.6 Å². The maximum absolute atomic E-state index is 12.2. The van der Waals surface area contributed by atoms with Crippen LogP contribution in [0.5, 0.6) is 0 Å². The van der Waals surface area contributed by atoms with E-state index < -0.39 is 0 Å². The van der Waals surface area contributed by atoms with E-state index in [9.17, 15) is 9.90 Å². The fourth-order valence-corrected chi connectivity index (χ4v) is 2.65. The summed E-state index contributed by atoms with van der Waals surface area (Å²) in [5.74, 6) is 0.318. The van der Waals surface area contributed by atoms with Crippen molar-refractivity contribution in [3.8, 4) is 0 Å². The van der Waals surface area contributed by atoms with Crippen molar-refractivity contribution in [2.24, 2.45) is 0 Å². The van der Waals surface area contributed by atoms with Crippen molar-refractivity contribution in [1.82, 2.24) is 20.0 Å². The van der Waals surface area contributed by atoms with Gasteiger partial charge in [-0.1, -0.05) is 25.2 Å². The number of hydrogen-bond acceptors (Lipinski definition) is 6. The third-order valence-corrected chi connectivity index (χ3v) is 4.39. The van der Waals surface area contributed by atoms with Crippen molar-refractivity contribution in [3.63, 3.8) is 0 Å². The van der Waals surface area contributed by atoms with Crippen LogP contribution >= 0.6 is 11.3 Å². The Morgan fingerprint density at radius 2 is 2.00 bits per heavy atom. The molecule has 0 amide bonds. The molecular weight excluding hydrogens is 276 g/mol. The minimum atomic E-state index is -0.276. The van der Waals surface area contributed by atoms with E-state index in [1.165, 1.54) is 16.0 Å². The first kappa shape index (κ1) is 14.8. The molecule has 0 bridgehead atoms. The summed E-state index contributed by atoms with van der Waals surface area (Å²) in [6.07, 6.45) is 0. The Morgan fingerprint density at radius 1 is 1.30 bits per heavy atom. The normalized spacial score (nSPS) is 11.3. The Balaban J connectivity index is 2.38. The predicted molar refractivity (Wildman–Crippen MR) is 77.0 cm³/mol. The molecule has 108 valence electrons. The van der Waals surface area contributed by atoms with Crippen LogP contribution in [0.25, 0.3) is 0 Å². The molecule has 0 aliphatic rings. The molecule has 2 aromatic rings. The molecule has 2 rings (SSSR count). The molecule has 0 aromatic carbocycles. The first-order valence-corrected chi connectivity index (χ1v) is 7.26. The van der Waals surface area contributed by atoms with Gasteiger partial charge in [-0.2, -0.15) is 5.10 Å². The van der Waals surface area contributed by atoms with Gasteiger partial charge in [-0.25, -0.2) is 4.68 Å². The number of aliphatic hydroxyl groups is 1. The van der Waals surface area contributed by atoms with Gasteiger partial charge < -0.3 is 5.11 Å². The van der Waals surface area contributed by atoms with Gasteiger partial charge in [-0.3, -0.25) is 4.79 Å². The van der Waals surface area contributed by atoms with Crippen LogP contribution in [0.2, 0.25) is 0 Å². The molecule has 0 fully saturated rings. The van der Waals surface area contributed by atoms with Gasteiger partial charge >= 0.3 is 0 Å². The van der Waals surface area contributed by atoms with Gasteiger partial charge in [0.2, 0.25) is 0 Å². The monoisotopic (exact) mass is 294 g/mol. The van der Waals surface area contributed by atoms with E-state index in [0.717, 1.165) is 21.3 Å². The van der Waals surface area contributed by atoms with E-state index in [2.05, 4.69) is 29.1 Å². The molecule has 7 heteroatoms. The first-order chi connectivity index (χ1) is 9.43. The summed E-state index contributed by atoms with van der Waals surface area (Å²) in [4.78, 5) is 12.2. The van der Waals surface area contributed by atoms with Crippen molar-refractivity contribution in [2.75, 3.05) is 0 Å². The number of aliphatic hydroxyl groups excluding tert-OH is 1. The molecule has 0 saturated heterocycles. The summed E-state index contributed by atoms with van der Waals surface area (Å²) in [6.45, 7) is 7.73. The van der Waals surface area contributed by atoms with Crippen LogP contribution in [0, 0.1) is 13.8 Å². The summed E-state index contributed by atoms with van der Waals surface area (Å²) < 4.78 is 1.35. The second kappa shape index (κ2) is 5.80. The largest absolute Gasteiger partial charge is 0.391 e. The van der Waals surface area contributed by atoms with Gasteiger partial charge in [0.05, 0.1) is 18.8 Å². The van der Waals surface area contributed by atoms with E-state index in [4.69, 9.17) is 0 Å². The number of hydrogen-bond donors (Lipinski definition) is 1. The Labute approximate surface area is 121 Å². The minimum Gasteiger partial charge on any atom is -0.391 e. The standard InChI is InChI=1S/C13H18N4O2S/c1-7(2)12-15-14-11(20-12)5-17-13(19)10(6-18)8(3)9(4)16-17/h7,18H,5-6H2,1-4H3. The van der Waals surface area contributed by atoms with Crippen LogP contribution in [0.3, 0.4) is 0 Å². The SMILES string of the molecule is Cc1nn(Cc2nnc(C(C)C)s2)c(=O)c(CO)c1C. The van der Waals surface area contributed by atoms with Gasteiger partial charge in [-0.15, -0.1) is 10.2 Å². The zero-order valence-electron chi connectivity index (χ0n) is 12.0. The van der Waals surface area contributed by atoms with Crippen molar-refractivity contribution in [2.45, 2.75) is 46.8 Å². The third kappa shape index (κ3) is 2.78. The lowest BCUT2D eigenvalue weighted by atomic mass is 10.1. The topological polar surface area (TPSA) is 80.9 Å². The predicted octanol–water partition coefficient (Wildman–Crippen LogP) is 1.38. The molecular formula is C13H18N4O2S. The van der Waals surface area contributed by atoms with Gasteiger partial charge in [0.25, 0.3) is 5.56 Å². The summed E-state index contributed by atoms with van der Waals surface area (Å²) >= 11 is 1.48. The van der Waals surface area contributed by atoms with Crippen LogP contribution < -0.4 is 5.56 Å². The average molecular weight is 294 g/mol. The first-order valence-electron chi connectivity index (χ1n) is 6.44. The molecule has 0 radical (unpaired) electrons. The molecule has 0 aliphatic heterocycles. The maximum Gasteiger partial charge on any atom is 0.272 e. The Bertz CT molecular complexity index is 675. The smallest absolute Gasteiger partial charge is 0.272 e. The number of nitrogens with zero attached hydrogens (tertiary/aromatic N) is 4. The maximum atomic E-state index is 12.2. The highest BCUT2D eigenvalue weighted by Crippen LogP contribution is 2.19. The number of aryl methyl sites for hydroxylation is 1. The lowest BCUT2D eigenvalue weighted by Gasteiger charge is -2.09. The summed E-state index contributed by atoms with van der Waals surface area (Å²) in [7, 11) is 0. The van der Waals surface area contributed by atoms with E-state index in [-0.39, 0.29) is 18.7 Å². The molecule has 0 unspecified atom stereocenters. The van der Waals surface area contributed by atoms with Gasteiger partial charge in [0.1, 0.15) is 10.0 Å². The fourth-order valence-electron chi connectivity index (χ4n) is 1.82. The Hall–Kier alpha value is -1.60. The Morgan fingerprint density at radius 3 is 2.55 bits per heavy atom. The van der Waals surface area contributed by atoms with E-state index in [1.807, 2.05) is 6.92 Å². The van der Waals surface area contributed by atoms with Crippen LogP contribution in [-0.4, -0.2) is 25.1 Å². The second-order valence-electron chi connectivity index (χ2n) is 5.00. The zero-order chi connectivity index (χ0) is 14.9.